The summed E-state index contributed by atoms with van der Waals surface area (Å²) in [7, 11) is -4.83. The van der Waals surface area contributed by atoms with E-state index in [-0.39, 0.29) is 25.2 Å². The second-order valence-corrected chi connectivity index (χ2v) is 8.08. The quantitative estimate of drug-likeness (QED) is 0.309. The molecule has 15 nitrogen and oxygen atoms in total. The van der Waals surface area contributed by atoms with E-state index >= 15 is 0 Å². The molecule has 0 aromatic carbocycles. The number of aromatic nitrogens is 4. The number of rotatable bonds is 7. The molecule has 0 aliphatic carbocycles. The zero-order valence-electron chi connectivity index (χ0n) is 15.1. The van der Waals surface area contributed by atoms with Crippen molar-refractivity contribution in [2.45, 2.75) is 43.4 Å². The maximum absolute atomic E-state index is 12.4. The molecule has 0 saturated carbocycles. The molecule has 16 heteroatoms. The van der Waals surface area contributed by atoms with E-state index < -0.39 is 34.4 Å². The summed E-state index contributed by atoms with van der Waals surface area (Å²) in [6, 6.07) is -2.08. The van der Waals surface area contributed by atoms with Crippen LogP contribution >= 0.6 is 0 Å². The first kappa shape index (κ1) is 19.9. The van der Waals surface area contributed by atoms with Gasteiger partial charge in [-0.15, -0.1) is 9.38 Å². The van der Waals surface area contributed by atoms with E-state index in [4.69, 9.17) is 9.39 Å². The largest absolute Gasteiger partial charge is 0.418 e. The second-order valence-electron chi connectivity index (χ2n) is 7.07. The van der Waals surface area contributed by atoms with Crippen LogP contribution in [0.5, 0.6) is 0 Å². The number of hydrogen-bond acceptors (Lipinski definition) is 10. The number of hydroxylamine groups is 3. The summed E-state index contributed by atoms with van der Waals surface area (Å²) >= 11 is 0. The molecule has 4 heterocycles. The second kappa shape index (κ2) is 7.79. The van der Waals surface area contributed by atoms with Crippen LogP contribution in [0.1, 0.15) is 25.3 Å². The van der Waals surface area contributed by atoms with E-state index in [0.29, 0.717) is 24.4 Å². The Morgan fingerprint density at radius 1 is 1.38 bits per heavy atom. The number of amides is 3. The van der Waals surface area contributed by atoms with Gasteiger partial charge >= 0.3 is 16.4 Å². The molecule has 0 radical (unpaired) electrons. The average Bonchev–Trinajstić information content (AvgIpc) is 3.39. The Morgan fingerprint density at radius 2 is 2.21 bits per heavy atom. The van der Waals surface area contributed by atoms with Crippen molar-refractivity contribution in [3.63, 3.8) is 0 Å². The standard InChI is InChI=1S/C13H20N8O7S/c22-12(16-27-6-8-3-10(4-14-8)20-7-15-17-18-20)11-2-1-9-5-19(11)13(23)21(9)28-29(24,25)26/h7-11,14H,1-6H2,(H,16,22)(H,24,25,26)/t8-,9+,10-,11-/m0/s1. The SMILES string of the molecule is O=C(NOC[C@@H]1C[C@H](n2cnnn2)CN1)[C@@H]1CC[C@@H]2CN1C(=O)N2OS(=O)(=O)O. The fraction of sp³-hybridized carbons (Fsp3) is 0.769. The molecule has 1 aromatic rings. The van der Waals surface area contributed by atoms with Gasteiger partial charge in [0.05, 0.1) is 18.7 Å². The van der Waals surface area contributed by atoms with Crippen molar-refractivity contribution in [3.05, 3.63) is 6.33 Å². The molecule has 0 spiro atoms. The first-order valence-electron chi connectivity index (χ1n) is 8.96. The van der Waals surface area contributed by atoms with Gasteiger partial charge in [0, 0.05) is 19.1 Å². The van der Waals surface area contributed by atoms with Gasteiger partial charge in [0.1, 0.15) is 12.4 Å². The Labute approximate surface area is 165 Å². The molecule has 1 aromatic heterocycles. The number of nitrogens with one attached hydrogen (secondary N) is 2. The minimum absolute atomic E-state index is 0.00712. The van der Waals surface area contributed by atoms with Crippen molar-refractivity contribution in [3.8, 4) is 0 Å². The Bertz CT molecular complexity index is 865. The lowest BCUT2D eigenvalue weighted by Gasteiger charge is -2.29. The number of hydrogen-bond donors (Lipinski definition) is 3. The van der Waals surface area contributed by atoms with E-state index in [1.54, 1.807) is 4.68 Å². The van der Waals surface area contributed by atoms with Gasteiger partial charge in [0.25, 0.3) is 5.91 Å². The predicted molar refractivity (Wildman–Crippen MR) is 90.7 cm³/mol. The lowest BCUT2D eigenvalue weighted by molar-refractivity contribution is -0.139. The van der Waals surface area contributed by atoms with Crippen LogP contribution in [0.4, 0.5) is 4.79 Å². The molecule has 4 atom stereocenters. The molecule has 29 heavy (non-hydrogen) atoms. The number of piperidine rings is 1. The van der Waals surface area contributed by atoms with E-state index in [2.05, 4.69) is 30.6 Å². The van der Waals surface area contributed by atoms with Gasteiger partial charge in [-0.2, -0.15) is 13.5 Å². The molecule has 160 valence electrons. The van der Waals surface area contributed by atoms with Crippen LogP contribution in [0, 0.1) is 0 Å². The number of carbonyl (C=O) groups is 2. The van der Waals surface area contributed by atoms with Crippen LogP contribution in [0.15, 0.2) is 6.33 Å². The van der Waals surface area contributed by atoms with Crippen molar-refractivity contribution in [2.24, 2.45) is 0 Å². The smallest absolute Gasteiger partial charge is 0.309 e. The number of tetrazole rings is 1. The zero-order chi connectivity index (χ0) is 20.6. The minimum Gasteiger partial charge on any atom is -0.309 e. The number of carbonyl (C=O) groups excluding carboxylic acids is 2. The lowest BCUT2D eigenvalue weighted by Crippen LogP contribution is -2.50. The van der Waals surface area contributed by atoms with Gasteiger partial charge in [-0.05, 0) is 29.7 Å². The molecular formula is C13H20N8O7S. The summed E-state index contributed by atoms with van der Waals surface area (Å²) < 4.78 is 36.6. The Morgan fingerprint density at radius 3 is 2.93 bits per heavy atom. The Kier molecular flexibility index (Phi) is 5.34. The highest BCUT2D eigenvalue weighted by Crippen LogP contribution is 2.30. The predicted octanol–water partition coefficient (Wildman–Crippen LogP) is -2.37. The number of nitrogens with zero attached hydrogens (tertiary/aromatic N) is 6. The fourth-order valence-electron chi connectivity index (χ4n) is 3.85. The third kappa shape index (κ3) is 4.30. The van der Waals surface area contributed by atoms with Crippen LogP contribution in [-0.2, 0) is 24.3 Å². The topological polar surface area (TPSA) is 181 Å². The van der Waals surface area contributed by atoms with Crippen molar-refractivity contribution >= 4 is 22.3 Å². The molecule has 3 N–H and O–H groups in total. The van der Waals surface area contributed by atoms with Crippen LogP contribution in [0.25, 0.3) is 0 Å². The highest BCUT2D eigenvalue weighted by atomic mass is 32.3. The van der Waals surface area contributed by atoms with Crippen molar-refractivity contribution < 1.29 is 31.7 Å². The van der Waals surface area contributed by atoms with E-state index in [9.17, 15) is 18.0 Å². The van der Waals surface area contributed by atoms with Crippen LogP contribution in [0.3, 0.4) is 0 Å². The number of urea groups is 1. The molecule has 4 rings (SSSR count). The van der Waals surface area contributed by atoms with E-state index in [0.717, 1.165) is 6.42 Å². The first-order chi connectivity index (χ1) is 13.8. The fourth-order valence-corrected chi connectivity index (χ4v) is 4.24. The van der Waals surface area contributed by atoms with Gasteiger partial charge in [-0.1, -0.05) is 0 Å². The maximum atomic E-state index is 12.4. The Balaban J connectivity index is 1.25. The monoisotopic (exact) mass is 432 g/mol. The third-order valence-electron chi connectivity index (χ3n) is 5.20. The van der Waals surface area contributed by atoms with E-state index in [1.807, 2.05) is 0 Å². The van der Waals surface area contributed by atoms with Gasteiger partial charge < -0.3 is 10.2 Å². The first-order valence-corrected chi connectivity index (χ1v) is 10.3. The summed E-state index contributed by atoms with van der Waals surface area (Å²) in [6.07, 6.45) is 2.90. The maximum Gasteiger partial charge on any atom is 0.418 e. The van der Waals surface area contributed by atoms with Gasteiger partial charge in [-0.3, -0.25) is 14.2 Å². The van der Waals surface area contributed by atoms with Gasteiger partial charge in [0.15, 0.2) is 0 Å². The van der Waals surface area contributed by atoms with Crippen molar-refractivity contribution in [1.29, 1.82) is 0 Å². The average molecular weight is 432 g/mol. The summed E-state index contributed by atoms with van der Waals surface area (Å²) in [5, 5.41) is 14.9. The molecule has 3 amide bonds. The van der Waals surface area contributed by atoms with Crippen LogP contribution in [-0.4, -0.2) is 92.9 Å². The molecule has 3 saturated heterocycles. The van der Waals surface area contributed by atoms with Crippen molar-refractivity contribution in [1.82, 2.24) is 41.0 Å². The van der Waals surface area contributed by atoms with E-state index in [1.165, 1.54) is 11.2 Å². The summed E-state index contributed by atoms with van der Waals surface area (Å²) in [5.41, 5.74) is 2.35. The lowest BCUT2D eigenvalue weighted by atomic mass is 10.0. The Hall–Kier alpha value is -2.40. The zero-order valence-corrected chi connectivity index (χ0v) is 15.9. The summed E-state index contributed by atoms with van der Waals surface area (Å²) in [5.74, 6) is -0.513. The van der Waals surface area contributed by atoms with Gasteiger partial charge in [0.2, 0.25) is 0 Å². The highest BCUT2D eigenvalue weighted by Gasteiger charge is 2.49. The molecule has 3 aliphatic heterocycles. The third-order valence-corrected chi connectivity index (χ3v) is 5.54. The number of fused-ring (bicyclic) bond motifs is 2. The highest BCUT2D eigenvalue weighted by molar-refractivity contribution is 7.80. The van der Waals surface area contributed by atoms with Crippen LogP contribution in [0.2, 0.25) is 0 Å². The van der Waals surface area contributed by atoms with Gasteiger partial charge in [-0.25, -0.2) is 15.0 Å². The van der Waals surface area contributed by atoms with Crippen LogP contribution < -0.4 is 10.8 Å². The molecule has 3 aliphatic rings. The molecule has 3 fully saturated rings. The summed E-state index contributed by atoms with van der Waals surface area (Å²) in [4.78, 5) is 31.3. The molecular weight excluding hydrogens is 412 g/mol. The van der Waals surface area contributed by atoms with Crippen molar-refractivity contribution in [2.75, 3.05) is 19.7 Å². The molecule has 0 unspecified atom stereocenters. The minimum atomic E-state index is -4.83. The molecule has 2 bridgehead atoms. The normalized spacial score (nSPS) is 29.5. The summed E-state index contributed by atoms with van der Waals surface area (Å²) in [6.45, 7) is 0.999.